The molecule has 0 saturated carbocycles. The molecule has 1 unspecified atom stereocenters. The van der Waals surface area contributed by atoms with E-state index in [9.17, 15) is 4.79 Å². The molecule has 3 nitrogen and oxygen atoms in total. The lowest BCUT2D eigenvalue weighted by atomic mass is 10.0. The van der Waals surface area contributed by atoms with E-state index in [1.807, 2.05) is 48.5 Å². The molecule has 1 N–H and O–H groups in total. The fourth-order valence-electron chi connectivity index (χ4n) is 2.10. The van der Waals surface area contributed by atoms with Crippen LogP contribution >= 0.6 is 22.6 Å². The van der Waals surface area contributed by atoms with Crippen LogP contribution < -0.4 is 10.1 Å². The Morgan fingerprint density at radius 2 is 1.76 bits per heavy atom. The largest absolute Gasteiger partial charge is 0.497 e. The molecular formula is C17H18INO2. The average molecular weight is 395 g/mol. The predicted molar refractivity (Wildman–Crippen MR) is 92.7 cm³/mol. The molecular weight excluding hydrogens is 377 g/mol. The van der Waals surface area contributed by atoms with Gasteiger partial charge in [0.1, 0.15) is 5.75 Å². The second-order valence-electron chi connectivity index (χ2n) is 4.71. The Morgan fingerprint density at radius 1 is 1.14 bits per heavy atom. The van der Waals surface area contributed by atoms with Crippen LogP contribution in [0.15, 0.2) is 48.5 Å². The van der Waals surface area contributed by atoms with Gasteiger partial charge in [-0.3, -0.25) is 4.79 Å². The van der Waals surface area contributed by atoms with Crippen molar-refractivity contribution in [2.45, 2.75) is 19.4 Å². The first-order valence-corrected chi connectivity index (χ1v) is 7.92. The Balaban J connectivity index is 2.10. The van der Waals surface area contributed by atoms with E-state index in [1.54, 1.807) is 7.11 Å². The number of benzene rings is 2. The molecule has 2 aromatic carbocycles. The molecule has 0 radical (unpaired) electrons. The Kier molecular flexibility index (Phi) is 5.61. The minimum Gasteiger partial charge on any atom is -0.497 e. The van der Waals surface area contributed by atoms with Crippen LogP contribution in [0.1, 0.15) is 35.3 Å². The van der Waals surface area contributed by atoms with Gasteiger partial charge in [0.05, 0.1) is 13.2 Å². The maximum absolute atomic E-state index is 12.3. The molecule has 0 bridgehead atoms. The van der Waals surface area contributed by atoms with Crippen molar-refractivity contribution in [3.05, 3.63) is 63.2 Å². The summed E-state index contributed by atoms with van der Waals surface area (Å²) in [5, 5.41) is 3.07. The van der Waals surface area contributed by atoms with E-state index in [0.717, 1.165) is 21.3 Å². The highest BCUT2D eigenvalue weighted by Crippen LogP contribution is 2.20. The summed E-state index contributed by atoms with van der Waals surface area (Å²) >= 11 is 2.23. The normalized spacial score (nSPS) is 11.8. The molecule has 0 aliphatic heterocycles. The molecule has 2 rings (SSSR count). The standard InChI is InChI=1S/C17H18INO2/c1-3-16(12-6-10-15(21-2)11-7-12)19-17(20)13-4-8-14(18)9-5-13/h4-11,16H,3H2,1-2H3,(H,19,20). The van der Waals surface area contributed by atoms with Crippen molar-refractivity contribution >= 4 is 28.5 Å². The molecule has 0 fully saturated rings. The van der Waals surface area contributed by atoms with Gasteiger partial charge >= 0.3 is 0 Å². The van der Waals surface area contributed by atoms with E-state index in [4.69, 9.17) is 4.74 Å². The van der Waals surface area contributed by atoms with Gasteiger partial charge in [-0.05, 0) is 71.0 Å². The first-order chi connectivity index (χ1) is 10.1. The Bertz CT molecular complexity index is 593. The minimum absolute atomic E-state index is 0.00249. The molecule has 1 amide bonds. The van der Waals surface area contributed by atoms with Crippen molar-refractivity contribution in [2.75, 3.05) is 7.11 Å². The number of hydrogen-bond acceptors (Lipinski definition) is 2. The second-order valence-corrected chi connectivity index (χ2v) is 5.96. The van der Waals surface area contributed by atoms with Gasteiger partial charge in [-0.1, -0.05) is 19.1 Å². The van der Waals surface area contributed by atoms with Crippen molar-refractivity contribution in [1.29, 1.82) is 0 Å². The zero-order valence-corrected chi connectivity index (χ0v) is 14.3. The number of rotatable bonds is 5. The van der Waals surface area contributed by atoms with Gasteiger partial charge in [-0.2, -0.15) is 0 Å². The van der Waals surface area contributed by atoms with Crippen LogP contribution in [-0.2, 0) is 0 Å². The molecule has 0 spiro atoms. The lowest BCUT2D eigenvalue weighted by molar-refractivity contribution is 0.0935. The van der Waals surface area contributed by atoms with Gasteiger partial charge in [0.25, 0.3) is 5.91 Å². The molecule has 110 valence electrons. The Labute approximate surface area is 138 Å². The smallest absolute Gasteiger partial charge is 0.251 e. The lowest BCUT2D eigenvalue weighted by Gasteiger charge is -2.18. The molecule has 21 heavy (non-hydrogen) atoms. The maximum Gasteiger partial charge on any atom is 0.251 e. The van der Waals surface area contributed by atoms with E-state index in [0.29, 0.717) is 5.56 Å². The number of nitrogens with one attached hydrogen (secondary N) is 1. The van der Waals surface area contributed by atoms with E-state index in [2.05, 4.69) is 34.8 Å². The average Bonchev–Trinajstić information content (AvgIpc) is 2.53. The summed E-state index contributed by atoms with van der Waals surface area (Å²) < 4.78 is 6.27. The van der Waals surface area contributed by atoms with Gasteiger partial charge < -0.3 is 10.1 Å². The summed E-state index contributed by atoms with van der Waals surface area (Å²) in [6.45, 7) is 2.06. The van der Waals surface area contributed by atoms with E-state index < -0.39 is 0 Å². The van der Waals surface area contributed by atoms with E-state index in [-0.39, 0.29) is 11.9 Å². The fraction of sp³-hybridized carbons (Fsp3) is 0.235. The zero-order chi connectivity index (χ0) is 15.2. The van der Waals surface area contributed by atoms with Crippen molar-refractivity contribution in [2.24, 2.45) is 0 Å². The highest BCUT2D eigenvalue weighted by Gasteiger charge is 2.14. The maximum atomic E-state index is 12.3. The first-order valence-electron chi connectivity index (χ1n) is 6.84. The summed E-state index contributed by atoms with van der Waals surface area (Å²) in [5.74, 6) is 0.770. The van der Waals surface area contributed by atoms with Gasteiger partial charge in [0.15, 0.2) is 0 Å². The molecule has 0 saturated heterocycles. The molecule has 0 aliphatic carbocycles. The third-order valence-electron chi connectivity index (χ3n) is 3.34. The van der Waals surface area contributed by atoms with Gasteiger partial charge in [-0.15, -0.1) is 0 Å². The summed E-state index contributed by atoms with van der Waals surface area (Å²) in [6.07, 6.45) is 0.836. The summed E-state index contributed by atoms with van der Waals surface area (Å²) in [7, 11) is 1.64. The second kappa shape index (κ2) is 7.45. The number of hydrogen-bond donors (Lipinski definition) is 1. The third-order valence-corrected chi connectivity index (χ3v) is 4.06. The van der Waals surface area contributed by atoms with Crippen LogP contribution in [0, 0.1) is 3.57 Å². The number of carbonyl (C=O) groups excluding carboxylic acids is 1. The third kappa shape index (κ3) is 4.20. The minimum atomic E-state index is -0.0472. The van der Waals surface area contributed by atoms with Crippen molar-refractivity contribution in [3.8, 4) is 5.75 Å². The van der Waals surface area contributed by atoms with Crippen LogP contribution in [0.5, 0.6) is 5.75 Å². The van der Waals surface area contributed by atoms with Crippen molar-refractivity contribution < 1.29 is 9.53 Å². The highest BCUT2D eigenvalue weighted by molar-refractivity contribution is 14.1. The molecule has 1 atom stereocenters. The summed E-state index contributed by atoms with van der Waals surface area (Å²) in [5.41, 5.74) is 1.76. The number of ether oxygens (including phenoxy) is 1. The van der Waals surface area contributed by atoms with Gasteiger partial charge in [0.2, 0.25) is 0 Å². The van der Waals surface area contributed by atoms with E-state index in [1.165, 1.54) is 0 Å². The van der Waals surface area contributed by atoms with E-state index >= 15 is 0 Å². The van der Waals surface area contributed by atoms with Crippen LogP contribution in [0.4, 0.5) is 0 Å². The van der Waals surface area contributed by atoms with Crippen molar-refractivity contribution in [1.82, 2.24) is 5.32 Å². The molecule has 0 aliphatic rings. The monoisotopic (exact) mass is 395 g/mol. The Morgan fingerprint density at radius 3 is 2.29 bits per heavy atom. The molecule has 0 heterocycles. The first kappa shape index (κ1) is 15.8. The predicted octanol–water partition coefficient (Wildman–Crippen LogP) is 4.18. The number of halogens is 1. The van der Waals surface area contributed by atoms with Gasteiger partial charge in [0, 0.05) is 9.13 Å². The van der Waals surface area contributed by atoms with Crippen molar-refractivity contribution in [3.63, 3.8) is 0 Å². The van der Waals surface area contributed by atoms with Crippen LogP contribution in [-0.4, -0.2) is 13.0 Å². The van der Waals surface area contributed by atoms with Crippen LogP contribution in [0.25, 0.3) is 0 Å². The number of carbonyl (C=O) groups is 1. The SMILES string of the molecule is CCC(NC(=O)c1ccc(I)cc1)c1ccc(OC)cc1. The molecule has 0 aromatic heterocycles. The van der Waals surface area contributed by atoms with Crippen LogP contribution in [0.2, 0.25) is 0 Å². The summed E-state index contributed by atoms with van der Waals surface area (Å²) in [6, 6.07) is 15.4. The topological polar surface area (TPSA) is 38.3 Å². The molecule has 4 heteroatoms. The number of amides is 1. The quantitative estimate of drug-likeness (QED) is 0.772. The fourth-order valence-corrected chi connectivity index (χ4v) is 2.46. The highest BCUT2D eigenvalue weighted by atomic mass is 127. The molecule has 2 aromatic rings. The number of methoxy groups -OCH3 is 1. The summed E-state index contributed by atoms with van der Waals surface area (Å²) in [4.78, 5) is 12.3. The van der Waals surface area contributed by atoms with Gasteiger partial charge in [-0.25, -0.2) is 0 Å². The zero-order valence-electron chi connectivity index (χ0n) is 12.1. The Hall–Kier alpha value is -1.56. The lowest BCUT2D eigenvalue weighted by Crippen LogP contribution is -2.28. The van der Waals surface area contributed by atoms with Crippen LogP contribution in [0.3, 0.4) is 0 Å².